The van der Waals surface area contributed by atoms with E-state index in [4.69, 9.17) is 24.4 Å². The topological polar surface area (TPSA) is 185 Å². The average molecular weight is 762 g/mol. The Balaban J connectivity index is 1.45. The number of unbranched alkanes of at least 4 members (excludes halogenated alkanes) is 3. The molecule has 1 saturated heterocycles. The number of nitrogens with zero attached hydrogens (tertiary/aromatic N) is 4. The second kappa shape index (κ2) is 17.0. The number of likely N-dealkylation sites (tertiary alicyclic amines) is 1. The van der Waals surface area contributed by atoms with Crippen LogP contribution >= 0.6 is 11.3 Å². The summed E-state index contributed by atoms with van der Waals surface area (Å²) in [6, 6.07) is 5.43. The van der Waals surface area contributed by atoms with Crippen molar-refractivity contribution in [1.82, 2.24) is 30.5 Å². The first-order valence-corrected chi connectivity index (χ1v) is 19.3. The fraction of sp³-hybridized carbons (Fsp3) is 0.513. The number of hydrogen-bond acceptors (Lipinski definition) is 11. The zero-order valence-electron chi connectivity index (χ0n) is 31.6. The van der Waals surface area contributed by atoms with Gasteiger partial charge in [0, 0.05) is 18.4 Å². The maximum atomic E-state index is 14.5. The number of aliphatic carboxylic acids is 1. The molecule has 14 nitrogen and oxygen atoms in total. The number of nitrogens with one attached hydrogen (secondary N) is 3. The molecule has 0 spiro atoms. The molecule has 54 heavy (non-hydrogen) atoms. The quantitative estimate of drug-likeness (QED) is 0.0921. The number of hydrogen-bond donors (Lipinski definition) is 4. The smallest absolute Gasteiger partial charge is 0.408 e. The second-order valence-corrected chi connectivity index (χ2v) is 16.0. The number of anilines is 1. The lowest BCUT2D eigenvalue weighted by Crippen LogP contribution is -2.56. The van der Waals surface area contributed by atoms with Crippen molar-refractivity contribution < 1.29 is 33.8 Å². The molecular weight excluding hydrogens is 711 g/mol. The van der Waals surface area contributed by atoms with Crippen LogP contribution in [0, 0.1) is 5.92 Å². The molecule has 1 saturated carbocycles. The molecule has 1 aliphatic heterocycles. The van der Waals surface area contributed by atoms with E-state index in [2.05, 4.69) is 29.1 Å². The number of allylic oxidation sites excluding steroid dienone is 1. The van der Waals surface area contributed by atoms with Crippen LogP contribution in [0.2, 0.25) is 0 Å². The van der Waals surface area contributed by atoms with Gasteiger partial charge in [0.1, 0.15) is 45.5 Å². The van der Waals surface area contributed by atoms with Crippen LogP contribution in [0.1, 0.15) is 79.6 Å². The van der Waals surface area contributed by atoms with Crippen molar-refractivity contribution in [2.45, 2.75) is 115 Å². The van der Waals surface area contributed by atoms with E-state index in [0.717, 1.165) is 19.3 Å². The molecule has 0 radical (unpaired) electrons. The van der Waals surface area contributed by atoms with E-state index in [-0.39, 0.29) is 31.3 Å². The molecule has 0 bridgehead atoms. The highest BCUT2D eigenvalue weighted by Crippen LogP contribution is 2.45. The number of alkyl carbamates (subject to hydrolysis) is 1. The lowest BCUT2D eigenvalue weighted by Gasteiger charge is -2.30. The van der Waals surface area contributed by atoms with Crippen LogP contribution in [0.5, 0.6) is 5.88 Å². The molecule has 1 aliphatic carbocycles. The molecule has 4 N–H and O–H groups in total. The van der Waals surface area contributed by atoms with Crippen molar-refractivity contribution in [3.63, 3.8) is 0 Å². The van der Waals surface area contributed by atoms with E-state index < -0.39 is 59.1 Å². The van der Waals surface area contributed by atoms with Gasteiger partial charge in [0.05, 0.1) is 12.1 Å². The lowest BCUT2D eigenvalue weighted by atomic mass is 10.0. The van der Waals surface area contributed by atoms with E-state index in [1.807, 2.05) is 43.5 Å². The Bertz CT molecular complexity index is 1870. The molecule has 2 fully saturated rings. The van der Waals surface area contributed by atoms with Crippen LogP contribution < -0.4 is 20.7 Å². The number of amides is 3. The minimum atomic E-state index is -1.51. The number of carbonyl (C=O) groups excluding carboxylic acids is 3. The summed E-state index contributed by atoms with van der Waals surface area (Å²) in [6.45, 7) is 16.7. The number of carbonyl (C=O) groups is 4. The van der Waals surface area contributed by atoms with Crippen LogP contribution in [0.4, 0.5) is 10.6 Å². The van der Waals surface area contributed by atoms with Crippen LogP contribution in [-0.4, -0.2) is 90.7 Å². The van der Waals surface area contributed by atoms with E-state index >= 15 is 0 Å². The summed E-state index contributed by atoms with van der Waals surface area (Å²) in [5.41, 5.74) is -1.14. The van der Waals surface area contributed by atoms with Crippen molar-refractivity contribution in [3.05, 3.63) is 55.0 Å². The van der Waals surface area contributed by atoms with Gasteiger partial charge >= 0.3 is 12.1 Å². The van der Waals surface area contributed by atoms with Gasteiger partial charge in [-0.05, 0) is 83.9 Å². The fourth-order valence-corrected chi connectivity index (χ4v) is 7.30. The molecule has 0 aromatic carbocycles. The van der Waals surface area contributed by atoms with Crippen LogP contribution in [0.3, 0.4) is 0 Å². The number of carboxylic acid groups (broad SMARTS) is 1. The first-order chi connectivity index (χ1) is 25.6. The molecule has 3 aromatic rings. The Morgan fingerprint density at radius 2 is 1.89 bits per heavy atom. The highest BCUT2D eigenvalue weighted by Gasteiger charge is 2.61. The predicted molar refractivity (Wildman–Crippen MR) is 207 cm³/mol. The van der Waals surface area contributed by atoms with E-state index in [0.29, 0.717) is 40.4 Å². The molecule has 2 aliphatic rings. The van der Waals surface area contributed by atoms with Gasteiger partial charge in [0.2, 0.25) is 17.7 Å². The van der Waals surface area contributed by atoms with Crippen molar-refractivity contribution in [2.75, 3.05) is 11.9 Å². The average Bonchev–Trinajstić information content (AvgIpc) is 3.38. The van der Waals surface area contributed by atoms with Gasteiger partial charge in [-0.15, -0.1) is 24.5 Å². The molecule has 290 valence electrons. The normalized spacial score (nSPS) is 21.3. The van der Waals surface area contributed by atoms with Crippen molar-refractivity contribution >= 4 is 51.2 Å². The zero-order valence-corrected chi connectivity index (χ0v) is 32.4. The summed E-state index contributed by atoms with van der Waals surface area (Å²) in [6.07, 6.45) is 5.50. The number of rotatable bonds is 17. The molecule has 4 heterocycles. The molecule has 15 heteroatoms. The van der Waals surface area contributed by atoms with E-state index in [1.165, 1.54) is 22.3 Å². The molecule has 3 amide bonds. The van der Waals surface area contributed by atoms with Gasteiger partial charge in [0.25, 0.3) is 0 Å². The van der Waals surface area contributed by atoms with Crippen LogP contribution in [0.15, 0.2) is 55.0 Å². The maximum Gasteiger partial charge on any atom is 0.408 e. The number of pyridine rings is 1. The Morgan fingerprint density at radius 3 is 2.56 bits per heavy atom. The minimum Gasteiger partial charge on any atom is -0.479 e. The Kier molecular flexibility index (Phi) is 12.6. The highest BCUT2D eigenvalue weighted by molar-refractivity contribution is 7.17. The van der Waals surface area contributed by atoms with Crippen molar-refractivity contribution in [2.24, 2.45) is 5.92 Å². The predicted octanol–water partition coefficient (Wildman–Crippen LogP) is 6.10. The van der Waals surface area contributed by atoms with Gasteiger partial charge in [-0.1, -0.05) is 31.1 Å². The monoisotopic (exact) mass is 761 g/mol. The molecule has 3 aromatic heterocycles. The number of thiophene rings is 1. The Morgan fingerprint density at radius 1 is 1.11 bits per heavy atom. The number of carboxylic acids is 1. The van der Waals surface area contributed by atoms with Gasteiger partial charge < -0.3 is 35.4 Å². The SMILES string of the molecule is C=CCCCCC[C@H](NC(=O)OC(C)(C)C)C(=O)N1C[C@H](Oc2nc(-c3cccc(NC(C)C)n3)nc3ccsc23)C[C@H]1C(=O)N[C@]1(C(=O)O)C[C@H]1C=C. The van der Waals surface area contributed by atoms with Crippen molar-refractivity contribution in [1.29, 1.82) is 0 Å². The first-order valence-electron chi connectivity index (χ1n) is 18.4. The number of fused-ring (bicyclic) bond motifs is 1. The fourth-order valence-electron chi connectivity index (χ4n) is 6.54. The number of ether oxygens (including phenoxy) is 2. The molecular formula is C39H51N7O7S. The van der Waals surface area contributed by atoms with Gasteiger partial charge in [-0.3, -0.25) is 9.59 Å². The van der Waals surface area contributed by atoms with E-state index in [1.54, 1.807) is 26.8 Å². The summed E-state index contributed by atoms with van der Waals surface area (Å²) in [4.78, 5) is 69.4. The number of aromatic nitrogens is 3. The van der Waals surface area contributed by atoms with Gasteiger partial charge in [-0.2, -0.15) is 4.98 Å². The summed E-state index contributed by atoms with van der Waals surface area (Å²) < 4.78 is 12.7. The van der Waals surface area contributed by atoms with Gasteiger partial charge in [-0.25, -0.2) is 19.6 Å². The highest BCUT2D eigenvalue weighted by atomic mass is 32.1. The minimum absolute atomic E-state index is 0.0247. The largest absolute Gasteiger partial charge is 0.479 e. The zero-order chi connectivity index (χ0) is 39.2. The van der Waals surface area contributed by atoms with Crippen LogP contribution in [-0.2, 0) is 19.1 Å². The Labute approximate surface area is 319 Å². The molecule has 5 atom stereocenters. The molecule has 5 rings (SSSR count). The molecule has 0 unspecified atom stereocenters. The standard InChI is InChI=1S/C39H51N7O7S/c1-8-10-11-12-13-15-28(43-37(51)53-38(5,6)7)35(48)46-22-25(20-29(46)33(47)45-39(36(49)50)21-24(39)9-2)52-34-31-26(18-19-54-31)42-32(44-34)27-16-14-17-30(41-27)40-23(3)4/h8-9,14,16-19,23-25,28-29H,1-2,10-13,15,20-22H2,3-7H3,(H,40,41)(H,43,51)(H,45,47)(H,49,50)/t24-,25-,28+,29+,39-/m1/s1. The van der Waals surface area contributed by atoms with Crippen LogP contribution in [0.25, 0.3) is 21.7 Å². The summed E-state index contributed by atoms with van der Waals surface area (Å²) >= 11 is 1.39. The maximum absolute atomic E-state index is 14.5. The lowest BCUT2D eigenvalue weighted by molar-refractivity contribution is -0.145. The van der Waals surface area contributed by atoms with Gasteiger partial charge in [0.15, 0.2) is 5.82 Å². The third kappa shape index (κ3) is 9.73. The Hall–Kier alpha value is -5.05. The third-order valence-corrected chi connectivity index (χ3v) is 10.1. The first kappa shape index (κ1) is 40.1. The summed E-state index contributed by atoms with van der Waals surface area (Å²) in [5.74, 6) is -1.48. The second-order valence-electron chi connectivity index (χ2n) is 15.1. The summed E-state index contributed by atoms with van der Waals surface area (Å²) in [5, 5.41) is 20.7. The van der Waals surface area contributed by atoms with E-state index in [9.17, 15) is 24.3 Å². The summed E-state index contributed by atoms with van der Waals surface area (Å²) in [7, 11) is 0. The third-order valence-electron chi connectivity index (χ3n) is 9.23. The van der Waals surface area contributed by atoms with Crippen molar-refractivity contribution in [3.8, 4) is 17.4 Å².